The van der Waals surface area contributed by atoms with Gasteiger partial charge >= 0.3 is 6.18 Å². The maximum absolute atomic E-state index is 13.6. The van der Waals surface area contributed by atoms with E-state index in [0.29, 0.717) is 46.0 Å². The first-order valence-electron chi connectivity index (χ1n) is 11.7. The second kappa shape index (κ2) is 9.31. The number of aryl methyl sites for hydroxylation is 1. The highest BCUT2D eigenvalue weighted by atomic mass is 19.4. The Balaban J connectivity index is 1.96. The van der Waals surface area contributed by atoms with E-state index in [9.17, 15) is 13.2 Å². The Labute approximate surface area is 207 Å². The number of benzene rings is 2. The Morgan fingerprint density at radius 2 is 1.75 bits per heavy atom. The topological polar surface area (TPSA) is 106 Å². The number of methoxy groups -OCH3 is 2. The van der Waals surface area contributed by atoms with Gasteiger partial charge in [0.15, 0.2) is 11.5 Å². The number of nitrogen functional groups attached to an aromatic ring is 2. The zero-order chi connectivity index (χ0) is 26.4. The second-order valence-electron chi connectivity index (χ2n) is 9.54. The van der Waals surface area contributed by atoms with Crippen LogP contribution in [-0.4, -0.2) is 36.9 Å². The molecule has 1 aliphatic carbocycles. The Bertz CT molecular complexity index is 1290. The van der Waals surface area contributed by atoms with Crippen LogP contribution in [0.3, 0.4) is 0 Å². The highest BCUT2D eigenvalue weighted by molar-refractivity contribution is 5.95. The average molecular weight is 505 g/mol. The highest BCUT2D eigenvalue weighted by Crippen LogP contribution is 2.52. The summed E-state index contributed by atoms with van der Waals surface area (Å²) < 4.78 is 58.5. The minimum atomic E-state index is -4.55. The first-order chi connectivity index (χ1) is 16.9. The maximum atomic E-state index is 13.6. The number of hydrogen-bond donors (Lipinski definition) is 2. The molecule has 36 heavy (non-hydrogen) atoms. The Morgan fingerprint density at radius 3 is 2.33 bits per heavy atom. The van der Waals surface area contributed by atoms with Crippen LogP contribution in [0.15, 0.2) is 24.3 Å². The average Bonchev–Trinajstić information content (AvgIpc) is 3.58. The molecule has 2 aromatic carbocycles. The molecule has 1 aromatic heterocycles. The molecular formula is C26H31F3N4O3. The molecular weight excluding hydrogens is 473 g/mol. The molecule has 1 fully saturated rings. The highest BCUT2D eigenvalue weighted by Gasteiger charge is 2.49. The van der Waals surface area contributed by atoms with E-state index in [-0.39, 0.29) is 23.0 Å². The summed E-state index contributed by atoms with van der Waals surface area (Å²) >= 11 is 0. The minimum absolute atomic E-state index is 0.00630. The number of nitrogens with zero attached hydrogens (tertiary/aromatic N) is 2. The standard InChI is InChI=1S/C26H31F3N4O3/c1-13(16-8-17(26(27,28)29)10-18(30)9-16)21-22-19(32-15(3)33-24(22)31)11-20(35-5)23(21)36-14(2)25(6-7-25)12-34-4/h8-11,13-14H,6-7,12,30H2,1-5H3,(H2,31,32,33)/t13-,14?/m1/s1. The van der Waals surface area contributed by atoms with Crippen molar-refractivity contribution in [2.45, 2.75) is 51.8 Å². The lowest BCUT2D eigenvalue weighted by Crippen LogP contribution is -2.29. The predicted octanol–water partition coefficient (Wildman–Crippen LogP) is 5.48. The van der Waals surface area contributed by atoms with Gasteiger partial charge in [0.1, 0.15) is 17.7 Å². The van der Waals surface area contributed by atoms with Crippen molar-refractivity contribution in [1.29, 1.82) is 0 Å². The summed E-state index contributed by atoms with van der Waals surface area (Å²) in [6.07, 6.45) is -2.92. The van der Waals surface area contributed by atoms with Gasteiger partial charge in [0.05, 0.1) is 30.2 Å². The normalized spacial score (nSPS) is 16.6. The number of aromatic nitrogens is 2. The van der Waals surface area contributed by atoms with Crippen molar-refractivity contribution in [3.05, 3.63) is 46.8 Å². The molecule has 3 aromatic rings. The summed E-state index contributed by atoms with van der Waals surface area (Å²) in [5, 5.41) is 0.503. The Kier molecular flexibility index (Phi) is 6.68. The fourth-order valence-corrected chi connectivity index (χ4v) is 4.79. The molecule has 4 rings (SSSR count). The lowest BCUT2D eigenvalue weighted by atomic mass is 9.87. The van der Waals surface area contributed by atoms with Crippen LogP contribution in [-0.2, 0) is 10.9 Å². The quantitative estimate of drug-likeness (QED) is 0.392. The van der Waals surface area contributed by atoms with Crippen LogP contribution in [0.2, 0.25) is 0 Å². The number of rotatable bonds is 8. The molecule has 0 saturated heterocycles. The van der Waals surface area contributed by atoms with Crippen LogP contribution in [0.25, 0.3) is 10.9 Å². The van der Waals surface area contributed by atoms with Crippen molar-refractivity contribution in [3.63, 3.8) is 0 Å². The number of fused-ring (bicyclic) bond motifs is 1. The summed E-state index contributed by atoms with van der Waals surface area (Å²) in [6.45, 7) is 5.99. The molecule has 1 aliphatic rings. The van der Waals surface area contributed by atoms with Crippen LogP contribution in [0.4, 0.5) is 24.7 Å². The SMILES string of the molecule is COCC1(C(C)Oc2c(OC)cc3nc(C)nc(N)c3c2[C@H](C)c2cc(N)cc(C(F)(F)F)c2)CC1. The molecule has 7 nitrogen and oxygen atoms in total. The fourth-order valence-electron chi connectivity index (χ4n) is 4.79. The third kappa shape index (κ3) is 4.74. The molecule has 10 heteroatoms. The van der Waals surface area contributed by atoms with Gasteiger partial charge in [0.25, 0.3) is 0 Å². The summed E-state index contributed by atoms with van der Waals surface area (Å²) in [7, 11) is 3.16. The molecule has 1 unspecified atom stereocenters. The number of alkyl halides is 3. The van der Waals surface area contributed by atoms with E-state index in [4.69, 9.17) is 25.7 Å². The number of hydrogen-bond acceptors (Lipinski definition) is 7. The van der Waals surface area contributed by atoms with Crippen LogP contribution < -0.4 is 20.9 Å². The summed E-state index contributed by atoms with van der Waals surface area (Å²) in [5.41, 5.74) is 12.7. The third-order valence-electron chi connectivity index (χ3n) is 7.02. The molecule has 1 saturated carbocycles. The molecule has 0 spiro atoms. The van der Waals surface area contributed by atoms with Crippen molar-refractivity contribution >= 4 is 22.4 Å². The summed E-state index contributed by atoms with van der Waals surface area (Å²) in [6, 6.07) is 5.26. The first kappa shape index (κ1) is 25.8. The molecule has 4 N–H and O–H groups in total. The smallest absolute Gasteiger partial charge is 0.416 e. The van der Waals surface area contributed by atoms with Crippen molar-refractivity contribution in [1.82, 2.24) is 9.97 Å². The summed E-state index contributed by atoms with van der Waals surface area (Å²) in [4.78, 5) is 8.84. The predicted molar refractivity (Wildman–Crippen MR) is 132 cm³/mol. The Hall–Kier alpha value is -3.27. The minimum Gasteiger partial charge on any atom is -0.493 e. The zero-order valence-corrected chi connectivity index (χ0v) is 21.0. The van der Waals surface area contributed by atoms with Gasteiger partial charge in [-0.15, -0.1) is 0 Å². The van der Waals surface area contributed by atoms with Gasteiger partial charge in [0.2, 0.25) is 0 Å². The van der Waals surface area contributed by atoms with Crippen LogP contribution in [0.1, 0.15) is 55.1 Å². The first-order valence-corrected chi connectivity index (χ1v) is 11.7. The number of halogens is 3. The van der Waals surface area contributed by atoms with Crippen molar-refractivity contribution in [2.24, 2.45) is 5.41 Å². The van der Waals surface area contributed by atoms with Gasteiger partial charge in [-0.05, 0) is 50.5 Å². The fraction of sp³-hybridized carbons (Fsp3) is 0.462. The molecule has 0 radical (unpaired) electrons. The van der Waals surface area contributed by atoms with Crippen molar-refractivity contribution in [3.8, 4) is 11.5 Å². The Morgan fingerprint density at radius 1 is 1.06 bits per heavy atom. The van der Waals surface area contributed by atoms with E-state index in [2.05, 4.69) is 9.97 Å². The number of ether oxygens (including phenoxy) is 3. The zero-order valence-electron chi connectivity index (χ0n) is 21.0. The van der Waals surface area contributed by atoms with E-state index < -0.39 is 17.7 Å². The lowest BCUT2D eigenvalue weighted by molar-refractivity contribution is -0.137. The molecule has 2 atom stereocenters. The van der Waals surface area contributed by atoms with Crippen molar-refractivity contribution in [2.75, 3.05) is 32.3 Å². The largest absolute Gasteiger partial charge is 0.493 e. The molecule has 0 amide bonds. The summed E-state index contributed by atoms with van der Waals surface area (Å²) in [5.74, 6) is 0.852. The van der Waals surface area contributed by atoms with E-state index in [0.717, 1.165) is 25.0 Å². The van der Waals surface area contributed by atoms with Gasteiger partial charge in [-0.25, -0.2) is 9.97 Å². The van der Waals surface area contributed by atoms with Crippen molar-refractivity contribution < 1.29 is 27.4 Å². The molecule has 1 heterocycles. The third-order valence-corrected chi connectivity index (χ3v) is 7.02. The van der Waals surface area contributed by atoms with Gasteiger partial charge in [0, 0.05) is 35.8 Å². The second-order valence-corrected chi connectivity index (χ2v) is 9.54. The number of anilines is 2. The van der Waals surface area contributed by atoms with Crippen LogP contribution in [0.5, 0.6) is 11.5 Å². The van der Waals surface area contributed by atoms with Gasteiger partial charge in [-0.1, -0.05) is 6.92 Å². The van der Waals surface area contributed by atoms with Crippen LogP contribution >= 0.6 is 0 Å². The monoisotopic (exact) mass is 504 g/mol. The van der Waals surface area contributed by atoms with E-state index in [1.807, 2.05) is 6.92 Å². The maximum Gasteiger partial charge on any atom is 0.416 e. The molecule has 0 bridgehead atoms. The van der Waals surface area contributed by atoms with E-state index in [1.54, 1.807) is 27.0 Å². The van der Waals surface area contributed by atoms with E-state index in [1.165, 1.54) is 13.2 Å². The molecule has 0 aliphatic heterocycles. The number of nitrogens with two attached hydrogens (primary N) is 2. The lowest BCUT2D eigenvalue weighted by Gasteiger charge is -2.29. The van der Waals surface area contributed by atoms with Gasteiger partial charge in [-0.3, -0.25) is 0 Å². The van der Waals surface area contributed by atoms with Crippen LogP contribution in [0, 0.1) is 12.3 Å². The van der Waals surface area contributed by atoms with E-state index >= 15 is 0 Å². The molecule has 194 valence electrons. The van der Waals surface area contributed by atoms with Gasteiger partial charge in [-0.2, -0.15) is 13.2 Å². The van der Waals surface area contributed by atoms with Gasteiger partial charge < -0.3 is 25.7 Å².